The lowest BCUT2D eigenvalue weighted by Gasteiger charge is -2.22. The van der Waals surface area contributed by atoms with E-state index in [4.69, 9.17) is 21.1 Å². The van der Waals surface area contributed by atoms with Crippen molar-refractivity contribution in [2.45, 2.75) is 13.8 Å². The first kappa shape index (κ1) is 15.6. The monoisotopic (exact) mass is 285 g/mol. The zero-order valence-corrected chi connectivity index (χ0v) is 12.5. The SMILES string of the molecule is COc1ccc(C(=O)NCC(C)(C)CCl)c(OC)c1. The summed E-state index contributed by atoms with van der Waals surface area (Å²) in [7, 11) is 3.09. The molecular weight excluding hydrogens is 266 g/mol. The number of nitrogens with one attached hydrogen (secondary N) is 1. The van der Waals surface area contributed by atoms with Crippen LogP contribution in [0.5, 0.6) is 11.5 Å². The molecule has 1 amide bonds. The minimum Gasteiger partial charge on any atom is -0.497 e. The van der Waals surface area contributed by atoms with Gasteiger partial charge in [-0.05, 0) is 17.5 Å². The Balaban J connectivity index is 2.82. The second-order valence-corrected chi connectivity index (χ2v) is 5.31. The summed E-state index contributed by atoms with van der Waals surface area (Å²) in [5, 5.41) is 2.86. The molecule has 1 aromatic carbocycles. The molecule has 1 N–H and O–H groups in total. The predicted molar refractivity (Wildman–Crippen MR) is 76.4 cm³/mol. The lowest BCUT2D eigenvalue weighted by atomic mass is 9.96. The lowest BCUT2D eigenvalue weighted by Crippen LogP contribution is -2.35. The van der Waals surface area contributed by atoms with Gasteiger partial charge >= 0.3 is 0 Å². The smallest absolute Gasteiger partial charge is 0.255 e. The number of carbonyl (C=O) groups is 1. The normalized spacial score (nSPS) is 11.0. The number of halogens is 1. The second kappa shape index (κ2) is 6.66. The van der Waals surface area contributed by atoms with Crippen LogP contribution in [0.25, 0.3) is 0 Å². The van der Waals surface area contributed by atoms with Gasteiger partial charge in [0.1, 0.15) is 11.5 Å². The lowest BCUT2D eigenvalue weighted by molar-refractivity contribution is 0.0937. The van der Waals surface area contributed by atoms with Crippen LogP contribution in [0.15, 0.2) is 18.2 Å². The zero-order valence-electron chi connectivity index (χ0n) is 11.7. The van der Waals surface area contributed by atoms with Crippen molar-refractivity contribution >= 4 is 17.5 Å². The van der Waals surface area contributed by atoms with Crippen LogP contribution in [-0.4, -0.2) is 32.6 Å². The Bertz CT molecular complexity index is 446. The van der Waals surface area contributed by atoms with Crippen molar-refractivity contribution in [3.8, 4) is 11.5 Å². The third kappa shape index (κ3) is 4.31. The van der Waals surface area contributed by atoms with E-state index >= 15 is 0 Å². The maximum absolute atomic E-state index is 12.1. The molecule has 0 unspecified atom stereocenters. The number of carbonyl (C=O) groups excluding carboxylic acids is 1. The molecule has 0 bridgehead atoms. The van der Waals surface area contributed by atoms with Gasteiger partial charge in [0, 0.05) is 18.5 Å². The third-order valence-corrected chi connectivity index (χ3v) is 3.47. The van der Waals surface area contributed by atoms with Crippen LogP contribution in [0, 0.1) is 5.41 Å². The Hall–Kier alpha value is -1.42. The Morgan fingerprint density at radius 1 is 1.32 bits per heavy atom. The average molecular weight is 286 g/mol. The van der Waals surface area contributed by atoms with Crippen LogP contribution in [0.3, 0.4) is 0 Å². The van der Waals surface area contributed by atoms with Crippen molar-refractivity contribution in [1.82, 2.24) is 5.32 Å². The molecule has 0 aromatic heterocycles. The fourth-order valence-corrected chi connectivity index (χ4v) is 1.54. The first-order valence-electron chi connectivity index (χ1n) is 5.99. The highest BCUT2D eigenvalue weighted by atomic mass is 35.5. The van der Waals surface area contributed by atoms with E-state index in [1.807, 2.05) is 13.8 Å². The van der Waals surface area contributed by atoms with Gasteiger partial charge in [-0.2, -0.15) is 0 Å². The van der Waals surface area contributed by atoms with E-state index < -0.39 is 0 Å². The molecule has 0 spiro atoms. The number of hydrogen-bond acceptors (Lipinski definition) is 3. The van der Waals surface area contributed by atoms with Gasteiger partial charge in [0.15, 0.2) is 0 Å². The number of benzene rings is 1. The maximum Gasteiger partial charge on any atom is 0.255 e. The van der Waals surface area contributed by atoms with Crippen LogP contribution >= 0.6 is 11.6 Å². The summed E-state index contributed by atoms with van der Waals surface area (Å²) in [6.45, 7) is 4.49. The molecule has 0 saturated heterocycles. The molecule has 0 radical (unpaired) electrons. The van der Waals surface area contributed by atoms with Gasteiger partial charge in [-0.1, -0.05) is 13.8 Å². The quantitative estimate of drug-likeness (QED) is 0.818. The fourth-order valence-electron chi connectivity index (χ4n) is 1.45. The van der Waals surface area contributed by atoms with Gasteiger partial charge < -0.3 is 14.8 Å². The summed E-state index contributed by atoms with van der Waals surface area (Å²) in [5.41, 5.74) is 0.338. The van der Waals surface area contributed by atoms with E-state index in [-0.39, 0.29) is 11.3 Å². The summed E-state index contributed by atoms with van der Waals surface area (Å²) >= 11 is 5.83. The summed E-state index contributed by atoms with van der Waals surface area (Å²) in [6.07, 6.45) is 0. The number of hydrogen-bond donors (Lipinski definition) is 1. The van der Waals surface area contributed by atoms with Gasteiger partial charge in [-0.25, -0.2) is 0 Å². The Morgan fingerprint density at radius 3 is 2.53 bits per heavy atom. The summed E-state index contributed by atoms with van der Waals surface area (Å²) < 4.78 is 10.3. The van der Waals surface area contributed by atoms with Crippen molar-refractivity contribution in [3.63, 3.8) is 0 Å². The summed E-state index contributed by atoms with van der Waals surface area (Å²) in [4.78, 5) is 12.1. The fraction of sp³-hybridized carbons (Fsp3) is 0.500. The third-order valence-electron chi connectivity index (χ3n) is 2.74. The van der Waals surface area contributed by atoms with Crippen LogP contribution < -0.4 is 14.8 Å². The first-order chi connectivity index (χ1) is 8.93. The van der Waals surface area contributed by atoms with Gasteiger partial charge in [-0.15, -0.1) is 11.6 Å². The largest absolute Gasteiger partial charge is 0.497 e. The molecule has 19 heavy (non-hydrogen) atoms. The maximum atomic E-state index is 12.1. The Kier molecular flexibility index (Phi) is 5.48. The zero-order chi connectivity index (χ0) is 14.5. The van der Waals surface area contributed by atoms with Crippen LogP contribution in [0.1, 0.15) is 24.2 Å². The molecule has 0 heterocycles. The topological polar surface area (TPSA) is 47.6 Å². The van der Waals surface area contributed by atoms with E-state index in [1.165, 1.54) is 7.11 Å². The van der Waals surface area contributed by atoms with Gasteiger partial charge in [0.2, 0.25) is 0 Å². The highest BCUT2D eigenvalue weighted by Crippen LogP contribution is 2.24. The Labute approximate surface area is 119 Å². The van der Waals surface area contributed by atoms with Gasteiger partial charge in [0.05, 0.1) is 19.8 Å². The van der Waals surface area contributed by atoms with Crippen molar-refractivity contribution in [3.05, 3.63) is 23.8 Å². The molecule has 1 aromatic rings. The summed E-state index contributed by atoms with van der Waals surface area (Å²) in [6, 6.07) is 5.09. The van der Waals surface area contributed by atoms with Crippen molar-refractivity contribution in [2.75, 3.05) is 26.6 Å². The van der Waals surface area contributed by atoms with Crippen molar-refractivity contribution in [1.29, 1.82) is 0 Å². The molecule has 0 atom stereocenters. The van der Waals surface area contributed by atoms with E-state index in [9.17, 15) is 4.79 Å². The van der Waals surface area contributed by atoms with Crippen LogP contribution in [-0.2, 0) is 0 Å². The molecule has 106 valence electrons. The molecular formula is C14H20ClNO3. The van der Waals surface area contributed by atoms with Gasteiger partial charge in [-0.3, -0.25) is 4.79 Å². The molecule has 4 nitrogen and oxygen atoms in total. The highest BCUT2D eigenvalue weighted by molar-refractivity contribution is 6.18. The van der Waals surface area contributed by atoms with E-state index in [0.717, 1.165) is 0 Å². The molecule has 0 aliphatic rings. The molecule has 0 saturated carbocycles. The molecule has 0 aliphatic heterocycles. The molecule has 5 heteroatoms. The number of methoxy groups -OCH3 is 2. The number of rotatable bonds is 6. The minimum atomic E-state index is -0.183. The number of ether oxygens (including phenoxy) is 2. The second-order valence-electron chi connectivity index (χ2n) is 5.05. The number of amides is 1. The molecule has 1 rings (SSSR count). The first-order valence-corrected chi connectivity index (χ1v) is 6.53. The van der Waals surface area contributed by atoms with Crippen LogP contribution in [0.4, 0.5) is 0 Å². The molecule has 0 aliphatic carbocycles. The van der Waals surface area contributed by atoms with E-state index in [1.54, 1.807) is 25.3 Å². The number of alkyl halides is 1. The van der Waals surface area contributed by atoms with Crippen LogP contribution in [0.2, 0.25) is 0 Å². The van der Waals surface area contributed by atoms with E-state index in [2.05, 4.69) is 5.32 Å². The highest BCUT2D eigenvalue weighted by Gasteiger charge is 2.19. The standard InChI is InChI=1S/C14H20ClNO3/c1-14(2,8-15)9-16-13(17)11-6-5-10(18-3)7-12(11)19-4/h5-7H,8-9H2,1-4H3,(H,16,17). The van der Waals surface area contributed by atoms with Crippen molar-refractivity contribution in [2.24, 2.45) is 5.41 Å². The summed E-state index contributed by atoms with van der Waals surface area (Å²) in [5.74, 6) is 1.43. The average Bonchev–Trinajstić information content (AvgIpc) is 2.44. The van der Waals surface area contributed by atoms with Crippen molar-refractivity contribution < 1.29 is 14.3 Å². The minimum absolute atomic E-state index is 0.142. The molecule has 0 fully saturated rings. The van der Waals surface area contributed by atoms with Gasteiger partial charge in [0.25, 0.3) is 5.91 Å². The predicted octanol–water partition coefficient (Wildman–Crippen LogP) is 2.70. The Morgan fingerprint density at radius 2 is 2.00 bits per heavy atom. The van der Waals surface area contributed by atoms with E-state index in [0.29, 0.717) is 29.5 Å².